The van der Waals surface area contributed by atoms with Crippen molar-refractivity contribution in [3.63, 3.8) is 0 Å². The number of ether oxygens (including phenoxy) is 1. The predicted molar refractivity (Wildman–Crippen MR) is 114 cm³/mol. The van der Waals surface area contributed by atoms with E-state index in [1.807, 2.05) is 19.1 Å². The molecule has 0 bridgehead atoms. The molecule has 0 fully saturated rings. The van der Waals surface area contributed by atoms with Gasteiger partial charge in [0.2, 0.25) is 0 Å². The smallest absolute Gasteiger partial charge is 0.387 e. The van der Waals surface area contributed by atoms with E-state index in [9.17, 15) is 13.9 Å². The molecule has 0 saturated carbocycles. The predicted octanol–water partition coefficient (Wildman–Crippen LogP) is 3.72. The maximum Gasteiger partial charge on any atom is 0.387 e. The van der Waals surface area contributed by atoms with E-state index in [1.165, 1.54) is 12.1 Å². The van der Waals surface area contributed by atoms with Crippen LogP contribution in [0, 0.1) is 0 Å². The van der Waals surface area contributed by atoms with Gasteiger partial charge in [0.1, 0.15) is 11.5 Å². The number of hydrogen-bond donors (Lipinski definition) is 3. The van der Waals surface area contributed by atoms with E-state index in [0.29, 0.717) is 24.5 Å². The average molecular weight is 509 g/mol. The molecule has 0 saturated heterocycles. The Hall–Kier alpha value is -1.88. The van der Waals surface area contributed by atoms with Gasteiger partial charge in [0.25, 0.3) is 0 Å². The summed E-state index contributed by atoms with van der Waals surface area (Å²) in [5, 5.41) is 16.7. The minimum atomic E-state index is -2.87. The van der Waals surface area contributed by atoms with Gasteiger partial charge in [0.15, 0.2) is 5.96 Å². The highest BCUT2D eigenvalue weighted by Gasteiger charge is 2.10. The number of furan rings is 1. The number of aliphatic hydroxyl groups is 1. The van der Waals surface area contributed by atoms with E-state index in [2.05, 4.69) is 20.4 Å². The number of benzene rings is 1. The van der Waals surface area contributed by atoms with Crippen LogP contribution >= 0.6 is 24.0 Å². The van der Waals surface area contributed by atoms with Crippen LogP contribution in [0.1, 0.15) is 30.8 Å². The van der Waals surface area contributed by atoms with Crippen molar-refractivity contribution in [3.05, 3.63) is 54.0 Å². The molecule has 0 spiro atoms. The molecule has 1 aromatic heterocycles. The fraction of sp³-hybridized carbons (Fsp3) is 0.421. The van der Waals surface area contributed by atoms with E-state index >= 15 is 0 Å². The van der Waals surface area contributed by atoms with Crippen molar-refractivity contribution in [1.29, 1.82) is 0 Å². The Kier molecular flexibility index (Phi) is 11.5. The van der Waals surface area contributed by atoms with Gasteiger partial charge in [-0.05, 0) is 36.2 Å². The summed E-state index contributed by atoms with van der Waals surface area (Å²) in [6.07, 6.45) is 2.44. The standard InChI is InChI=1S/C19H25F2N3O3.HI/c1-2-10-22-19(23-11-9-15-4-3-12-26-15)24-13-17(25)14-5-7-16(8-6-14)27-18(20)21;/h3-8,12,17-18,25H,2,9-11,13H2,1H3,(H2,22,23,24);1H. The number of nitrogens with one attached hydrogen (secondary N) is 2. The summed E-state index contributed by atoms with van der Waals surface area (Å²) in [5.41, 5.74) is 0.575. The highest BCUT2D eigenvalue weighted by molar-refractivity contribution is 14.0. The molecule has 0 radical (unpaired) electrons. The quantitative estimate of drug-likeness (QED) is 0.259. The summed E-state index contributed by atoms with van der Waals surface area (Å²) in [6.45, 7) is 0.700. The zero-order valence-corrected chi connectivity index (χ0v) is 17.9. The Bertz CT molecular complexity index is 682. The van der Waals surface area contributed by atoms with Crippen LogP contribution in [-0.2, 0) is 6.42 Å². The van der Waals surface area contributed by atoms with Crippen molar-refractivity contribution in [2.24, 2.45) is 4.99 Å². The topological polar surface area (TPSA) is 79.0 Å². The SMILES string of the molecule is CCCNC(=NCC(O)c1ccc(OC(F)F)cc1)NCCc1ccco1.I. The molecule has 1 unspecified atom stereocenters. The van der Waals surface area contributed by atoms with E-state index in [1.54, 1.807) is 18.4 Å². The molecule has 9 heteroatoms. The van der Waals surface area contributed by atoms with Crippen LogP contribution in [0.15, 0.2) is 52.1 Å². The summed E-state index contributed by atoms with van der Waals surface area (Å²) in [5.74, 6) is 1.53. The number of halogens is 3. The van der Waals surface area contributed by atoms with Crippen molar-refractivity contribution >= 4 is 29.9 Å². The number of alkyl halides is 2. The van der Waals surface area contributed by atoms with Crippen molar-refractivity contribution in [2.45, 2.75) is 32.5 Å². The molecule has 0 aliphatic carbocycles. The van der Waals surface area contributed by atoms with Crippen molar-refractivity contribution in [3.8, 4) is 5.75 Å². The van der Waals surface area contributed by atoms with Crippen molar-refractivity contribution < 1.29 is 23.0 Å². The maximum absolute atomic E-state index is 12.2. The average Bonchev–Trinajstić information content (AvgIpc) is 3.17. The van der Waals surface area contributed by atoms with Gasteiger partial charge in [-0.1, -0.05) is 19.1 Å². The van der Waals surface area contributed by atoms with E-state index in [4.69, 9.17) is 4.42 Å². The van der Waals surface area contributed by atoms with Gasteiger partial charge >= 0.3 is 6.61 Å². The van der Waals surface area contributed by atoms with Gasteiger partial charge in [0.05, 0.1) is 18.9 Å². The molecular formula is C19H26F2IN3O3. The first-order valence-electron chi connectivity index (χ1n) is 8.86. The molecule has 156 valence electrons. The molecule has 0 aliphatic rings. The third kappa shape index (κ3) is 8.87. The molecule has 0 aliphatic heterocycles. The molecule has 2 rings (SSSR count). The van der Waals surface area contributed by atoms with Gasteiger partial charge in [-0.25, -0.2) is 0 Å². The van der Waals surface area contributed by atoms with Crippen LogP contribution < -0.4 is 15.4 Å². The second-order valence-electron chi connectivity index (χ2n) is 5.84. The molecule has 3 N–H and O–H groups in total. The zero-order valence-electron chi connectivity index (χ0n) is 15.6. The molecule has 0 amide bonds. The van der Waals surface area contributed by atoms with Gasteiger partial charge in [-0.3, -0.25) is 4.99 Å². The number of hydrogen-bond acceptors (Lipinski definition) is 4. The number of nitrogens with zero attached hydrogens (tertiary/aromatic N) is 1. The van der Waals surface area contributed by atoms with Crippen LogP contribution in [0.3, 0.4) is 0 Å². The second kappa shape index (κ2) is 13.3. The van der Waals surface area contributed by atoms with Crippen molar-refractivity contribution in [2.75, 3.05) is 19.6 Å². The third-order valence-corrected chi connectivity index (χ3v) is 3.70. The first-order valence-corrected chi connectivity index (χ1v) is 8.86. The summed E-state index contributed by atoms with van der Waals surface area (Å²) >= 11 is 0. The van der Waals surface area contributed by atoms with Gasteiger partial charge in [-0.15, -0.1) is 24.0 Å². The summed E-state index contributed by atoms with van der Waals surface area (Å²) < 4.78 is 33.9. The van der Waals surface area contributed by atoms with Crippen LogP contribution in [0.4, 0.5) is 8.78 Å². The largest absolute Gasteiger partial charge is 0.469 e. The Morgan fingerprint density at radius 3 is 2.50 bits per heavy atom. The Labute approximate surface area is 180 Å². The van der Waals surface area contributed by atoms with Crippen LogP contribution in [0.25, 0.3) is 0 Å². The van der Waals surface area contributed by atoms with Gasteiger partial charge in [-0.2, -0.15) is 8.78 Å². The Balaban J connectivity index is 0.00000392. The van der Waals surface area contributed by atoms with E-state index < -0.39 is 12.7 Å². The minimum Gasteiger partial charge on any atom is -0.469 e. The van der Waals surface area contributed by atoms with Gasteiger partial charge in [0, 0.05) is 19.5 Å². The monoisotopic (exact) mass is 509 g/mol. The lowest BCUT2D eigenvalue weighted by atomic mass is 10.1. The molecule has 6 nitrogen and oxygen atoms in total. The lowest BCUT2D eigenvalue weighted by molar-refractivity contribution is -0.0498. The third-order valence-electron chi connectivity index (χ3n) is 3.70. The first-order chi connectivity index (χ1) is 13.1. The fourth-order valence-electron chi connectivity index (χ4n) is 2.33. The number of aliphatic imine (C=N–C) groups is 1. The number of aliphatic hydroxyl groups excluding tert-OH is 1. The molecule has 1 atom stereocenters. The van der Waals surface area contributed by atoms with Crippen LogP contribution in [0.5, 0.6) is 5.75 Å². The normalized spacial score (nSPS) is 12.4. The maximum atomic E-state index is 12.2. The van der Waals surface area contributed by atoms with Crippen molar-refractivity contribution in [1.82, 2.24) is 10.6 Å². The zero-order chi connectivity index (χ0) is 19.5. The summed E-state index contributed by atoms with van der Waals surface area (Å²) in [7, 11) is 0. The van der Waals surface area contributed by atoms with E-state index in [-0.39, 0.29) is 36.3 Å². The molecule has 1 aromatic carbocycles. The first kappa shape index (κ1) is 24.2. The highest BCUT2D eigenvalue weighted by Crippen LogP contribution is 2.19. The molecule has 28 heavy (non-hydrogen) atoms. The minimum absolute atomic E-state index is 0. The van der Waals surface area contributed by atoms with Crippen LogP contribution in [-0.4, -0.2) is 37.3 Å². The highest BCUT2D eigenvalue weighted by atomic mass is 127. The number of rotatable bonds is 10. The molecule has 2 aromatic rings. The lowest BCUT2D eigenvalue weighted by Gasteiger charge is -2.14. The second-order valence-corrected chi connectivity index (χ2v) is 5.84. The lowest BCUT2D eigenvalue weighted by Crippen LogP contribution is -2.39. The Morgan fingerprint density at radius 1 is 1.18 bits per heavy atom. The number of guanidine groups is 1. The summed E-state index contributed by atoms with van der Waals surface area (Å²) in [4.78, 5) is 4.39. The summed E-state index contributed by atoms with van der Waals surface area (Å²) in [6, 6.07) is 9.62. The fourth-order valence-corrected chi connectivity index (χ4v) is 2.33. The van der Waals surface area contributed by atoms with Gasteiger partial charge < -0.3 is 24.9 Å². The van der Waals surface area contributed by atoms with Crippen LogP contribution in [0.2, 0.25) is 0 Å². The molecular weight excluding hydrogens is 483 g/mol. The molecule has 1 heterocycles. The van der Waals surface area contributed by atoms with E-state index in [0.717, 1.165) is 18.7 Å². The Morgan fingerprint density at radius 2 is 1.89 bits per heavy atom.